The molecule has 2 N–H and O–H groups in total. The number of carbonyl (C=O) groups is 1. The van der Waals surface area contributed by atoms with E-state index >= 15 is 0 Å². The molecular weight excluding hydrogens is 300 g/mol. The van der Waals surface area contributed by atoms with Gasteiger partial charge in [0.1, 0.15) is 0 Å². The van der Waals surface area contributed by atoms with Gasteiger partial charge in [0.25, 0.3) is 5.91 Å². The molecule has 0 saturated carbocycles. The monoisotopic (exact) mass is 320 g/mol. The van der Waals surface area contributed by atoms with Gasteiger partial charge in [0, 0.05) is 28.7 Å². The fourth-order valence-corrected chi connectivity index (χ4v) is 4.84. The molecule has 0 unspecified atom stereocenters. The second-order valence-corrected chi connectivity index (χ2v) is 8.34. The van der Waals surface area contributed by atoms with E-state index in [1.54, 1.807) is 6.07 Å². The van der Waals surface area contributed by atoms with Crippen molar-refractivity contribution in [3.05, 3.63) is 35.0 Å². The average molecular weight is 320 g/mol. The van der Waals surface area contributed by atoms with E-state index in [2.05, 4.69) is 10.3 Å². The third-order valence-corrected chi connectivity index (χ3v) is 6.29. The van der Waals surface area contributed by atoms with Crippen LogP contribution < -0.4 is 5.32 Å². The summed E-state index contributed by atoms with van der Waals surface area (Å²) in [6, 6.07) is 5.58. The Hall–Kier alpha value is -1.82. The normalized spacial score (nSPS) is 20.4. The van der Waals surface area contributed by atoms with Crippen LogP contribution in [0.3, 0.4) is 0 Å². The third-order valence-electron chi connectivity index (χ3n) is 4.45. The zero-order valence-electron chi connectivity index (χ0n) is 12.8. The van der Waals surface area contributed by atoms with E-state index in [4.69, 9.17) is 0 Å². The number of aromatic amines is 1. The van der Waals surface area contributed by atoms with Crippen molar-refractivity contribution in [1.29, 1.82) is 0 Å². The summed E-state index contributed by atoms with van der Waals surface area (Å²) in [5, 5.41) is 3.91. The number of hydrogen-bond donors (Lipinski definition) is 2. The molecule has 0 spiro atoms. The van der Waals surface area contributed by atoms with Gasteiger partial charge < -0.3 is 10.3 Å². The van der Waals surface area contributed by atoms with Crippen LogP contribution in [0.4, 0.5) is 0 Å². The van der Waals surface area contributed by atoms with Crippen molar-refractivity contribution in [3.63, 3.8) is 0 Å². The molecule has 1 atom stereocenters. The van der Waals surface area contributed by atoms with Gasteiger partial charge in [0.2, 0.25) is 0 Å². The second kappa shape index (κ2) is 5.43. The first-order chi connectivity index (χ1) is 10.4. The van der Waals surface area contributed by atoms with Crippen molar-refractivity contribution in [1.82, 2.24) is 10.3 Å². The Balaban J connectivity index is 1.71. The minimum atomic E-state index is -2.90. The minimum Gasteiger partial charge on any atom is -0.358 e. The van der Waals surface area contributed by atoms with E-state index in [-0.39, 0.29) is 23.3 Å². The molecule has 2 aromatic rings. The van der Waals surface area contributed by atoms with Crippen LogP contribution >= 0.6 is 0 Å². The molecule has 1 aliphatic heterocycles. The van der Waals surface area contributed by atoms with Gasteiger partial charge in [0.15, 0.2) is 9.84 Å². The third kappa shape index (κ3) is 2.88. The van der Waals surface area contributed by atoms with E-state index in [9.17, 15) is 13.2 Å². The molecule has 22 heavy (non-hydrogen) atoms. The van der Waals surface area contributed by atoms with Crippen molar-refractivity contribution in [2.24, 2.45) is 5.92 Å². The summed E-state index contributed by atoms with van der Waals surface area (Å²) in [6.07, 6.45) is 0.637. The van der Waals surface area contributed by atoms with Gasteiger partial charge in [0.05, 0.1) is 11.5 Å². The lowest BCUT2D eigenvalue weighted by molar-refractivity contribution is 0.0948. The number of H-pyrrole nitrogens is 1. The molecule has 6 heteroatoms. The highest BCUT2D eigenvalue weighted by atomic mass is 32.2. The average Bonchev–Trinajstić information content (AvgIpc) is 2.96. The van der Waals surface area contributed by atoms with Crippen molar-refractivity contribution in [3.8, 4) is 0 Å². The summed E-state index contributed by atoms with van der Waals surface area (Å²) < 4.78 is 22.9. The minimum absolute atomic E-state index is 0.0360. The van der Waals surface area contributed by atoms with Gasteiger partial charge in [-0.2, -0.15) is 0 Å². The Morgan fingerprint density at radius 2 is 2.14 bits per heavy atom. The predicted molar refractivity (Wildman–Crippen MR) is 86.9 cm³/mol. The van der Waals surface area contributed by atoms with Crippen molar-refractivity contribution < 1.29 is 13.2 Å². The highest BCUT2D eigenvalue weighted by Gasteiger charge is 2.28. The van der Waals surface area contributed by atoms with Crippen LogP contribution in [0.2, 0.25) is 0 Å². The van der Waals surface area contributed by atoms with Gasteiger partial charge in [-0.15, -0.1) is 0 Å². The topological polar surface area (TPSA) is 79.0 Å². The fraction of sp³-hybridized carbons (Fsp3) is 0.438. The van der Waals surface area contributed by atoms with Crippen LogP contribution in [0, 0.1) is 19.8 Å². The largest absolute Gasteiger partial charge is 0.358 e. The molecule has 1 aromatic heterocycles. The number of sulfone groups is 1. The molecule has 1 fully saturated rings. The fourth-order valence-electron chi connectivity index (χ4n) is 2.97. The Morgan fingerprint density at radius 1 is 1.36 bits per heavy atom. The summed E-state index contributed by atoms with van der Waals surface area (Å²) in [4.78, 5) is 15.5. The van der Waals surface area contributed by atoms with Crippen LogP contribution in [-0.4, -0.2) is 37.4 Å². The zero-order valence-corrected chi connectivity index (χ0v) is 13.6. The van der Waals surface area contributed by atoms with E-state index in [0.717, 1.165) is 22.2 Å². The quantitative estimate of drug-likeness (QED) is 0.907. The van der Waals surface area contributed by atoms with Gasteiger partial charge in [-0.1, -0.05) is 0 Å². The summed E-state index contributed by atoms with van der Waals surface area (Å²) in [5.74, 6) is 0.308. The van der Waals surface area contributed by atoms with Gasteiger partial charge in [-0.05, 0) is 49.9 Å². The smallest absolute Gasteiger partial charge is 0.251 e. The Kier molecular flexibility index (Phi) is 3.72. The molecule has 0 radical (unpaired) electrons. The van der Waals surface area contributed by atoms with E-state index < -0.39 is 9.84 Å². The Labute approximate surface area is 130 Å². The number of benzene rings is 1. The molecule has 2 heterocycles. The maximum absolute atomic E-state index is 12.3. The predicted octanol–water partition coefficient (Wildman–Crippen LogP) is 1.95. The first-order valence-electron chi connectivity index (χ1n) is 7.43. The lowest BCUT2D eigenvalue weighted by Gasteiger charge is -2.09. The number of aromatic nitrogens is 1. The maximum Gasteiger partial charge on any atom is 0.251 e. The van der Waals surface area contributed by atoms with Gasteiger partial charge >= 0.3 is 0 Å². The lowest BCUT2D eigenvalue weighted by Crippen LogP contribution is -2.29. The number of aryl methyl sites for hydroxylation is 2. The lowest BCUT2D eigenvalue weighted by atomic mass is 10.1. The molecule has 1 aliphatic rings. The van der Waals surface area contributed by atoms with Gasteiger partial charge in [-0.25, -0.2) is 8.42 Å². The Morgan fingerprint density at radius 3 is 2.82 bits per heavy atom. The number of carbonyl (C=O) groups excluding carboxylic acids is 1. The van der Waals surface area contributed by atoms with E-state index in [0.29, 0.717) is 18.5 Å². The highest BCUT2D eigenvalue weighted by Crippen LogP contribution is 2.22. The van der Waals surface area contributed by atoms with Crippen molar-refractivity contribution in [2.75, 3.05) is 18.1 Å². The van der Waals surface area contributed by atoms with Crippen molar-refractivity contribution >= 4 is 26.6 Å². The summed E-state index contributed by atoms with van der Waals surface area (Å²) in [7, 11) is -2.90. The second-order valence-electron chi connectivity index (χ2n) is 6.11. The molecule has 118 valence electrons. The number of fused-ring (bicyclic) bond motifs is 1. The SMILES string of the molecule is Cc1[nH]c2ccc(C(=O)NC[C@@H]3CCS(=O)(=O)C3)cc2c1C. The molecule has 0 bridgehead atoms. The summed E-state index contributed by atoms with van der Waals surface area (Å²) in [5.41, 5.74) is 3.87. The molecular formula is C16H20N2O3S. The maximum atomic E-state index is 12.3. The molecule has 1 aromatic carbocycles. The van der Waals surface area contributed by atoms with Gasteiger partial charge in [-0.3, -0.25) is 4.79 Å². The number of amides is 1. The molecule has 1 amide bonds. The first kappa shape index (κ1) is 15.1. The summed E-state index contributed by atoms with van der Waals surface area (Å²) in [6.45, 7) is 4.45. The molecule has 0 aliphatic carbocycles. The molecule has 5 nitrogen and oxygen atoms in total. The van der Waals surface area contributed by atoms with Crippen LogP contribution in [0.15, 0.2) is 18.2 Å². The highest BCUT2D eigenvalue weighted by molar-refractivity contribution is 7.91. The van der Waals surface area contributed by atoms with Crippen molar-refractivity contribution in [2.45, 2.75) is 20.3 Å². The Bertz CT molecular complexity index is 836. The number of hydrogen-bond acceptors (Lipinski definition) is 3. The van der Waals surface area contributed by atoms with Crippen LogP contribution in [0.5, 0.6) is 0 Å². The van der Waals surface area contributed by atoms with E-state index in [1.165, 1.54) is 0 Å². The molecule has 3 rings (SSSR count). The van der Waals surface area contributed by atoms with E-state index in [1.807, 2.05) is 26.0 Å². The van der Waals surface area contributed by atoms with Crippen LogP contribution in [-0.2, 0) is 9.84 Å². The number of rotatable bonds is 3. The standard InChI is InChI=1S/C16H20N2O3S/c1-10-11(2)18-15-4-3-13(7-14(10)15)16(19)17-8-12-5-6-22(20,21)9-12/h3-4,7,12,18H,5-6,8-9H2,1-2H3,(H,17,19)/t12-/m0/s1. The molecule has 1 saturated heterocycles. The van der Waals surface area contributed by atoms with Crippen LogP contribution in [0.25, 0.3) is 10.9 Å². The summed E-state index contributed by atoms with van der Waals surface area (Å²) >= 11 is 0. The first-order valence-corrected chi connectivity index (χ1v) is 9.25. The number of nitrogens with one attached hydrogen (secondary N) is 2. The zero-order chi connectivity index (χ0) is 15.9. The van der Waals surface area contributed by atoms with Crippen LogP contribution in [0.1, 0.15) is 28.0 Å².